The van der Waals surface area contributed by atoms with Crippen molar-refractivity contribution in [2.24, 2.45) is 5.92 Å². The average Bonchev–Trinajstić information content (AvgIpc) is 2.83. The molecule has 0 aromatic rings. The lowest BCUT2D eigenvalue weighted by Crippen LogP contribution is -2.51. The normalized spacial score (nSPS) is 20.1. The number of ether oxygens (including phenoxy) is 3. The van der Waals surface area contributed by atoms with E-state index in [1.54, 1.807) is 60.6 Å². The summed E-state index contributed by atoms with van der Waals surface area (Å²) in [6.45, 7) is 12.1. The van der Waals surface area contributed by atoms with E-state index in [0.29, 0.717) is 6.42 Å². The van der Waals surface area contributed by atoms with Gasteiger partial charge in [0.2, 0.25) is 0 Å². The Kier molecular flexibility index (Phi) is 6.62. The van der Waals surface area contributed by atoms with Crippen LogP contribution in [-0.2, 0) is 19.0 Å². The monoisotopic (exact) mass is 355 g/mol. The molecule has 7 nitrogen and oxygen atoms in total. The van der Waals surface area contributed by atoms with Crippen LogP contribution in [0.25, 0.3) is 0 Å². The van der Waals surface area contributed by atoms with Gasteiger partial charge in [0.15, 0.2) is 0 Å². The smallest absolute Gasteiger partial charge is 0.420 e. The van der Waals surface area contributed by atoms with Crippen LogP contribution >= 0.6 is 0 Å². The number of esters is 1. The molecule has 2 atom stereocenters. The third-order valence-corrected chi connectivity index (χ3v) is 3.20. The minimum Gasteiger partial charge on any atom is -0.466 e. The number of imide groups is 1. The molecule has 1 rings (SSSR count). The molecule has 0 saturated carbocycles. The zero-order valence-electron chi connectivity index (χ0n) is 16.1. The molecule has 1 aliphatic rings. The molecule has 0 aromatic heterocycles. The van der Waals surface area contributed by atoms with Crippen LogP contribution in [0, 0.1) is 5.92 Å². The molecule has 7 heteroatoms. The molecular weight excluding hydrogens is 326 g/mol. The first-order chi connectivity index (χ1) is 11.4. The summed E-state index contributed by atoms with van der Waals surface area (Å²) in [6.07, 6.45) is 2.05. The molecule has 0 radical (unpaired) electrons. The first kappa shape index (κ1) is 21.0. The largest absolute Gasteiger partial charge is 0.466 e. The van der Waals surface area contributed by atoms with Gasteiger partial charge in [0.05, 0.1) is 18.6 Å². The predicted molar refractivity (Wildman–Crippen MR) is 92.0 cm³/mol. The maximum absolute atomic E-state index is 12.6. The van der Waals surface area contributed by atoms with Gasteiger partial charge in [-0.2, -0.15) is 0 Å². The molecule has 142 valence electrons. The zero-order chi connectivity index (χ0) is 19.4. The highest BCUT2D eigenvalue weighted by molar-refractivity contribution is 5.90. The van der Waals surface area contributed by atoms with Crippen LogP contribution in [0.2, 0.25) is 0 Å². The molecule has 0 aromatic carbocycles. The molecule has 0 bridgehead atoms. The summed E-state index contributed by atoms with van der Waals surface area (Å²) in [4.78, 5) is 38.3. The highest BCUT2D eigenvalue weighted by Crippen LogP contribution is 2.28. The second-order valence-electron chi connectivity index (χ2n) is 7.84. The summed E-state index contributed by atoms with van der Waals surface area (Å²) in [7, 11) is 0. The van der Waals surface area contributed by atoms with Gasteiger partial charge in [-0.05, 0) is 54.9 Å². The van der Waals surface area contributed by atoms with Crippen molar-refractivity contribution < 1.29 is 28.6 Å². The Labute approximate surface area is 149 Å². The van der Waals surface area contributed by atoms with Gasteiger partial charge in [-0.25, -0.2) is 14.5 Å². The molecule has 0 spiro atoms. The number of hydrogen-bond acceptors (Lipinski definition) is 6. The van der Waals surface area contributed by atoms with Gasteiger partial charge >= 0.3 is 18.2 Å². The van der Waals surface area contributed by atoms with Crippen molar-refractivity contribution in [3.8, 4) is 0 Å². The van der Waals surface area contributed by atoms with Gasteiger partial charge in [-0.3, -0.25) is 4.79 Å². The number of carbonyl (C=O) groups excluding carboxylic acids is 3. The van der Waals surface area contributed by atoms with Crippen molar-refractivity contribution >= 4 is 18.2 Å². The Morgan fingerprint density at radius 2 is 1.48 bits per heavy atom. The van der Waals surface area contributed by atoms with Gasteiger partial charge in [0.25, 0.3) is 0 Å². The lowest BCUT2D eigenvalue weighted by Gasteiger charge is -2.33. The highest BCUT2D eigenvalue weighted by Gasteiger charge is 2.43. The molecule has 0 fully saturated rings. The maximum atomic E-state index is 12.6. The quantitative estimate of drug-likeness (QED) is 0.436. The van der Waals surface area contributed by atoms with Gasteiger partial charge in [0, 0.05) is 0 Å². The fourth-order valence-corrected chi connectivity index (χ4v) is 2.33. The summed E-state index contributed by atoms with van der Waals surface area (Å²) in [5, 5.41) is 0. The minimum absolute atomic E-state index is 0.223. The minimum atomic E-state index is -0.854. The van der Waals surface area contributed by atoms with Crippen LogP contribution in [0.15, 0.2) is 12.2 Å². The van der Waals surface area contributed by atoms with Gasteiger partial charge in [0.1, 0.15) is 11.2 Å². The van der Waals surface area contributed by atoms with Crippen molar-refractivity contribution in [1.82, 2.24) is 4.90 Å². The molecule has 0 aliphatic heterocycles. The van der Waals surface area contributed by atoms with E-state index in [0.717, 1.165) is 4.90 Å². The summed E-state index contributed by atoms with van der Waals surface area (Å²) in [5.74, 6) is -1.13. The van der Waals surface area contributed by atoms with Crippen LogP contribution in [0.3, 0.4) is 0 Å². The fourth-order valence-electron chi connectivity index (χ4n) is 2.33. The van der Waals surface area contributed by atoms with Crippen molar-refractivity contribution in [2.45, 2.75) is 72.1 Å². The van der Waals surface area contributed by atoms with Crippen LogP contribution in [0.4, 0.5) is 9.59 Å². The molecule has 1 aliphatic carbocycles. The summed E-state index contributed by atoms with van der Waals surface area (Å²) < 4.78 is 15.7. The number of allylic oxidation sites excluding steroid dienone is 1. The van der Waals surface area contributed by atoms with Crippen LogP contribution in [0.5, 0.6) is 0 Å². The van der Waals surface area contributed by atoms with E-state index in [9.17, 15) is 14.4 Å². The van der Waals surface area contributed by atoms with Gasteiger partial charge in [-0.15, -0.1) is 0 Å². The lowest BCUT2D eigenvalue weighted by molar-refractivity contribution is -0.149. The summed E-state index contributed by atoms with van der Waals surface area (Å²) >= 11 is 0. The lowest BCUT2D eigenvalue weighted by atomic mass is 10.0. The standard InChI is InChI=1S/C18H29NO6/c1-8-23-14(20)12-10-9-11-13(12)19(15(21)24-17(2,3)4)16(22)25-18(5,6)7/h9,11-13H,8,10H2,1-7H3/t12-,13+/m1/s1. The highest BCUT2D eigenvalue weighted by atomic mass is 16.6. The molecule has 0 heterocycles. The summed E-state index contributed by atoms with van der Waals surface area (Å²) in [5.41, 5.74) is -1.59. The van der Waals surface area contributed by atoms with Crippen molar-refractivity contribution in [2.75, 3.05) is 6.61 Å². The average molecular weight is 355 g/mol. The van der Waals surface area contributed by atoms with Crippen molar-refractivity contribution in [1.29, 1.82) is 0 Å². The summed E-state index contributed by atoms with van der Waals surface area (Å²) in [6, 6.07) is -0.802. The molecule has 0 saturated heterocycles. The Balaban J connectivity index is 3.12. The number of carbonyl (C=O) groups is 3. The van der Waals surface area contributed by atoms with Gasteiger partial charge < -0.3 is 14.2 Å². The fraction of sp³-hybridized carbons (Fsp3) is 0.722. The van der Waals surface area contributed by atoms with Crippen LogP contribution in [0.1, 0.15) is 54.9 Å². The van der Waals surface area contributed by atoms with E-state index in [1.807, 2.05) is 0 Å². The molecular formula is C18H29NO6. The SMILES string of the molecule is CCOC(=O)[C@@H]1CC=C[C@@H]1N(C(=O)OC(C)(C)C)C(=O)OC(C)(C)C. The molecule has 2 amide bonds. The Morgan fingerprint density at radius 1 is 1.00 bits per heavy atom. The Hall–Kier alpha value is -2.05. The van der Waals surface area contributed by atoms with E-state index in [-0.39, 0.29) is 6.61 Å². The second-order valence-corrected chi connectivity index (χ2v) is 7.84. The molecule has 25 heavy (non-hydrogen) atoms. The van der Waals surface area contributed by atoms with E-state index in [1.165, 1.54) is 0 Å². The van der Waals surface area contributed by atoms with Crippen molar-refractivity contribution in [3.63, 3.8) is 0 Å². The van der Waals surface area contributed by atoms with E-state index >= 15 is 0 Å². The Morgan fingerprint density at radius 3 is 1.88 bits per heavy atom. The predicted octanol–water partition coefficient (Wildman–Crippen LogP) is 3.67. The van der Waals surface area contributed by atoms with E-state index in [4.69, 9.17) is 14.2 Å². The number of hydrogen-bond donors (Lipinski definition) is 0. The van der Waals surface area contributed by atoms with Crippen molar-refractivity contribution in [3.05, 3.63) is 12.2 Å². The van der Waals surface area contributed by atoms with Crippen LogP contribution < -0.4 is 0 Å². The maximum Gasteiger partial charge on any atom is 0.420 e. The number of rotatable bonds is 3. The second kappa shape index (κ2) is 7.89. The third-order valence-electron chi connectivity index (χ3n) is 3.20. The third kappa shape index (κ3) is 6.40. The number of nitrogens with zero attached hydrogens (tertiary/aromatic N) is 1. The van der Waals surface area contributed by atoms with Crippen LogP contribution in [-0.4, -0.2) is 46.9 Å². The molecule has 0 N–H and O–H groups in total. The first-order valence-corrected chi connectivity index (χ1v) is 8.44. The number of amides is 2. The molecule has 0 unspecified atom stereocenters. The van der Waals surface area contributed by atoms with E-state index in [2.05, 4.69) is 0 Å². The first-order valence-electron chi connectivity index (χ1n) is 8.44. The topological polar surface area (TPSA) is 82.1 Å². The van der Waals surface area contributed by atoms with Gasteiger partial charge in [-0.1, -0.05) is 12.2 Å². The zero-order valence-corrected chi connectivity index (χ0v) is 16.1. The van der Waals surface area contributed by atoms with E-state index < -0.39 is 41.3 Å². The Bertz CT molecular complexity index is 513.